The molecule has 0 aliphatic carbocycles. The van der Waals surface area contributed by atoms with Crippen molar-refractivity contribution in [2.24, 2.45) is 20.7 Å². The smallest absolute Gasteiger partial charge is 0.407 e. The summed E-state index contributed by atoms with van der Waals surface area (Å²) in [5, 5.41) is 14.3. The first-order chi connectivity index (χ1) is 44.2. The predicted molar refractivity (Wildman–Crippen MR) is 336 cm³/mol. The van der Waals surface area contributed by atoms with Crippen LogP contribution >= 0.6 is 31.9 Å². The van der Waals surface area contributed by atoms with E-state index < -0.39 is 30.1 Å². The third-order valence-electron chi connectivity index (χ3n) is 14.6. The maximum Gasteiger partial charge on any atom is 0.407 e. The second kappa shape index (κ2) is 29.4. The number of aliphatic hydroxyl groups is 1. The Hall–Kier alpha value is -9.25. The molecule has 0 unspecified atom stereocenters. The number of nitrogens with zero attached hydrogens (tertiary/aromatic N) is 10. The zero-order valence-corrected chi connectivity index (χ0v) is 52.8. The summed E-state index contributed by atoms with van der Waals surface area (Å²) in [7, 11) is 1.52. The molecule has 5 aliphatic heterocycles. The molecule has 12 rings (SSSR count). The van der Waals surface area contributed by atoms with Crippen molar-refractivity contribution in [1.29, 1.82) is 0 Å². The molecule has 33 heteroatoms. The van der Waals surface area contributed by atoms with Crippen LogP contribution < -0.4 is 54.7 Å². The number of aliphatic imine (C=N–C) groups is 3. The number of aromatic nitrogens is 7. The molecule has 2 fully saturated rings. The minimum Gasteiger partial charge on any atom is -0.481 e. The third kappa shape index (κ3) is 15.9. The number of nitrogen functional groups attached to an aromatic ring is 3. The molecule has 0 radical (unpaired) electrons. The largest absolute Gasteiger partial charge is 0.481 e. The summed E-state index contributed by atoms with van der Waals surface area (Å²) >= 11 is 6.79. The Morgan fingerprint density at radius 3 is 1.41 bits per heavy atom. The molecule has 28 nitrogen and oxygen atoms in total. The number of carbonyl (C=O) groups is 2. The summed E-state index contributed by atoms with van der Waals surface area (Å²) in [6.07, 6.45) is 0.404. The average molecular weight is 1400 g/mol. The van der Waals surface area contributed by atoms with E-state index >= 15 is 0 Å². The van der Waals surface area contributed by atoms with Crippen LogP contribution in [0.1, 0.15) is 85.7 Å². The molecule has 0 spiro atoms. The summed E-state index contributed by atoms with van der Waals surface area (Å²) in [6, 6.07) is 16.5. The number of alkyl carbamates (subject to hydrolysis) is 2. The molecule has 2 amide bonds. The van der Waals surface area contributed by atoms with Crippen LogP contribution in [0.15, 0.2) is 96.7 Å². The molecule has 3 aromatic carbocycles. The number of methoxy groups -OCH3 is 1. The number of aliphatic hydroxyl groups excluding tert-OH is 1. The van der Waals surface area contributed by atoms with E-state index in [-0.39, 0.29) is 93.3 Å². The number of halogens is 5. The normalized spacial score (nSPS) is 18.8. The second-order valence-electron chi connectivity index (χ2n) is 21.2. The zero-order chi connectivity index (χ0) is 65.3. The third-order valence-corrected chi connectivity index (χ3v) is 16.0. The van der Waals surface area contributed by atoms with Gasteiger partial charge in [-0.25, -0.2) is 74.1 Å². The van der Waals surface area contributed by atoms with Gasteiger partial charge in [0.1, 0.15) is 30.7 Å². The van der Waals surface area contributed by atoms with Crippen LogP contribution in [-0.2, 0) is 43.2 Å². The first-order valence-electron chi connectivity index (χ1n) is 28.4. The van der Waals surface area contributed by atoms with Crippen molar-refractivity contribution in [2.45, 2.75) is 76.3 Å². The van der Waals surface area contributed by atoms with Crippen LogP contribution in [0.25, 0.3) is 11.3 Å². The second-order valence-corrected chi connectivity index (χ2v) is 23.0. The molecule has 0 bridgehead atoms. The van der Waals surface area contributed by atoms with E-state index in [1.54, 1.807) is 36.4 Å². The number of fused-ring (bicyclic) bond motifs is 3. The van der Waals surface area contributed by atoms with Gasteiger partial charge in [0, 0.05) is 39.8 Å². The number of ether oxygens (including phenoxy) is 3. The standard InChI is InChI=1S/C24H24FN7O4.C18H18BrFN6O3.C17H20BrFN6O2/c1-12-21-19(31-23(26)27-12)9-18(30-22(21)32-36-11-14-10-35-24(33)28-14)15-7-6-13(25)8-16(15)17-4-3-5-20(29-17)34-2;1-8-15-14(25-17(21)22-8)5-13(11-3-2-9(20)4-12(11)19)24-16(15)26-29-7-10-6-28-18(27)23-10;1-8-15-14(24-17(21)22-8)5-13(11-3-2-9(19)4-12(11)18)23-16(15)25-27-7-10(20)6-26/h3-8,14,18H,9-11H2,1-2H3,(H,28,33)(H,30,32)(H2,26,27,31);2-4,10,13H,5-7H2,1H3,(H,23,27)(H,24,26)(H2,21,22,25);2-4,10,13,26H,5-7,20H2,1H3,(H,23,25)(H2,21,22,24)/t14-,18-;2*10-,13-/m111/s1. The van der Waals surface area contributed by atoms with Crippen molar-refractivity contribution >= 4 is 79.4 Å². The van der Waals surface area contributed by atoms with Crippen LogP contribution in [0.2, 0.25) is 0 Å². The van der Waals surface area contributed by atoms with Crippen LogP contribution in [0.3, 0.4) is 0 Å². The van der Waals surface area contributed by atoms with E-state index in [9.17, 15) is 22.8 Å². The summed E-state index contributed by atoms with van der Waals surface area (Å²) < 4.78 is 57.5. The molecule has 14 N–H and O–H groups in total. The Morgan fingerprint density at radius 1 is 0.598 bits per heavy atom. The number of amides is 2. The Morgan fingerprint density at radius 2 is 1.01 bits per heavy atom. The van der Waals surface area contributed by atoms with Crippen molar-refractivity contribution in [1.82, 2.24) is 62.0 Å². The van der Waals surface area contributed by atoms with Gasteiger partial charge in [-0.05, 0) is 79.9 Å². The summed E-state index contributed by atoms with van der Waals surface area (Å²) in [5.41, 5.74) is 41.4. The van der Waals surface area contributed by atoms with E-state index in [0.29, 0.717) is 108 Å². The number of hydrogen-bond acceptors (Lipinski definition) is 26. The van der Waals surface area contributed by atoms with Crippen LogP contribution in [0, 0.1) is 38.2 Å². The van der Waals surface area contributed by atoms with Crippen LogP contribution in [0.4, 0.5) is 40.6 Å². The fourth-order valence-corrected chi connectivity index (χ4v) is 11.7. The number of nitrogens with two attached hydrogens (primary N) is 4. The number of carbonyl (C=O) groups excluding carboxylic acids is 2. The number of pyridine rings is 1. The molecular formula is C59H62Br2F3N19O9. The van der Waals surface area contributed by atoms with Crippen molar-refractivity contribution < 1.29 is 56.6 Å². The molecule has 2 saturated heterocycles. The van der Waals surface area contributed by atoms with Gasteiger partial charge in [0.15, 0.2) is 17.5 Å². The number of hydroxylamine groups is 3. The number of hydrogen-bond donors (Lipinski definition) is 10. The fourth-order valence-electron chi connectivity index (χ4n) is 10.4. The molecule has 5 aliphatic rings. The highest BCUT2D eigenvalue weighted by atomic mass is 79.9. The van der Waals surface area contributed by atoms with Crippen LogP contribution in [-0.4, -0.2) is 135 Å². The number of rotatable bonds is 15. The average Bonchev–Trinajstić information content (AvgIpc) is 0.902. The van der Waals surface area contributed by atoms with Gasteiger partial charge in [-0.1, -0.05) is 56.1 Å². The van der Waals surface area contributed by atoms with E-state index in [0.717, 1.165) is 22.4 Å². The molecule has 4 aromatic heterocycles. The maximum absolute atomic E-state index is 14.3. The summed E-state index contributed by atoms with van der Waals surface area (Å²) in [5.74, 6) is 1.09. The lowest BCUT2D eigenvalue weighted by Gasteiger charge is -2.26. The molecule has 482 valence electrons. The van der Waals surface area contributed by atoms with Gasteiger partial charge >= 0.3 is 12.2 Å². The van der Waals surface area contributed by atoms with E-state index in [1.165, 1.54) is 43.5 Å². The minimum absolute atomic E-state index is 0.0879. The van der Waals surface area contributed by atoms with Gasteiger partial charge in [-0.3, -0.25) is 29.5 Å². The lowest BCUT2D eigenvalue weighted by Crippen LogP contribution is -2.37. The fraction of sp³-hybridized carbons (Fsp3) is 0.322. The first kappa shape index (κ1) is 65.7. The summed E-state index contributed by atoms with van der Waals surface area (Å²) in [6.45, 7) is 6.08. The Balaban J connectivity index is 0.000000153. The zero-order valence-electron chi connectivity index (χ0n) is 49.6. The number of aryl methyl sites for hydroxylation is 3. The van der Waals surface area contributed by atoms with E-state index in [4.69, 9.17) is 71.7 Å². The highest BCUT2D eigenvalue weighted by Crippen LogP contribution is 2.38. The van der Waals surface area contributed by atoms with Gasteiger partial charge < -0.3 is 52.9 Å². The maximum atomic E-state index is 14.3. The molecule has 0 saturated carbocycles. The number of benzene rings is 3. The van der Waals surface area contributed by atoms with E-state index in [1.807, 2.05) is 20.8 Å². The lowest BCUT2D eigenvalue weighted by molar-refractivity contribution is 0.0602. The van der Waals surface area contributed by atoms with E-state index in [2.05, 4.69) is 93.8 Å². The minimum atomic E-state index is -0.521. The highest BCUT2D eigenvalue weighted by molar-refractivity contribution is 9.10. The number of cyclic esters (lactones) is 2. The number of amidine groups is 3. The quantitative estimate of drug-likeness (QED) is 0.0578. The SMILES string of the molecule is COc1cccc(-c2cc(F)ccc2[C@H]2Cc3nc(N)nc(C)c3C(NOC[C@H]3COC(=O)N3)=N2)n1.Cc1nc(N)nc2c1C(NOC[C@H](N)CO)=N[C@@H](c1ccc(F)cc1Br)C2.Cc1nc(N)nc2c1C(NOC[C@H]1COC(=O)N1)=N[C@@H](c1ccc(F)cc1Br)C2. The Labute approximate surface area is 540 Å². The highest BCUT2D eigenvalue weighted by Gasteiger charge is 2.33. The number of anilines is 3. The topological polar surface area (TPSA) is 401 Å². The predicted octanol–water partition coefficient (Wildman–Crippen LogP) is 5.35. The van der Waals surface area contributed by atoms with Gasteiger partial charge in [0.05, 0.1) is 126 Å². The van der Waals surface area contributed by atoms with Crippen molar-refractivity contribution in [3.8, 4) is 17.1 Å². The van der Waals surface area contributed by atoms with Gasteiger partial charge in [-0.2, -0.15) is 0 Å². The summed E-state index contributed by atoms with van der Waals surface area (Å²) in [4.78, 5) is 83.6. The van der Waals surface area contributed by atoms with Crippen molar-refractivity contribution in [3.63, 3.8) is 0 Å². The lowest BCUT2D eigenvalue weighted by atomic mass is 9.91. The molecule has 92 heavy (non-hydrogen) atoms. The van der Waals surface area contributed by atoms with Crippen molar-refractivity contribution in [2.75, 3.05) is 64.0 Å². The Bertz CT molecular complexity index is 4030. The monoisotopic (exact) mass is 1400 g/mol. The molecule has 9 heterocycles. The van der Waals surface area contributed by atoms with Gasteiger partial charge in [0.2, 0.25) is 23.7 Å². The first-order valence-corrected chi connectivity index (χ1v) is 30.0. The molecular weight excluding hydrogens is 1340 g/mol. The van der Waals surface area contributed by atoms with Crippen molar-refractivity contribution in [3.05, 3.63) is 167 Å². The van der Waals surface area contributed by atoms with Gasteiger partial charge in [0.25, 0.3) is 0 Å². The molecule has 7 aromatic rings. The van der Waals surface area contributed by atoms with Gasteiger partial charge in [-0.15, -0.1) is 0 Å². The molecule has 6 atom stereocenters. The number of nitrogens with one attached hydrogen (secondary N) is 5. The Kier molecular flexibility index (Phi) is 21.0. The van der Waals surface area contributed by atoms with Crippen LogP contribution in [0.5, 0.6) is 5.88 Å².